The van der Waals surface area contributed by atoms with Crippen LogP contribution < -0.4 is 10.2 Å². The van der Waals surface area contributed by atoms with Gasteiger partial charge in [0.25, 0.3) is 5.91 Å². The van der Waals surface area contributed by atoms with Crippen LogP contribution in [-0.4, -0.2) is 105 Å². The van der Waals surface area contributed by atoms with Gasteiger partial charge in [0.15, 0.2) is 11.5 Å². The second-order valence-electron chi connectivity index (χ2n) is 13.3. The Morgan fingerprint density at radius 2 is 1.87 bits per heavy atom. The number of anilines is 2. The summed E-state index contributed by atoms with van der Waals surface area (Å²) in [5, 5.41) is 2.66. The number of pyridine rings is 1. The van der Waals surface area contributed by atoms with Gasteiger partial charge in [0.1, 0.15) is 29.6 Å². The fraction of sp³-hybridized carbons (Fsp3) is 0.562. The number of aryl methyl sites for hydroxylation is 1. The zero-order chi connectivity index (χ0) is 33.0. The first-order chi connectivity index (χ1) is 21.9. The predicted octanol–water partition coefficient (Wildman–Crippen LogP) is 4.14. The summed E-state index contributed by atoms with van der Waals surface area (Å²) in [6, 6.07) is 1.23. The number of amides is 2. The van der Waals surface area contributed by atoms with E-state index < -0.39 is 23.5 Å². The van der Waals surface area contributed by atoms with Crippen LogP contribution in [-0.2, 0) is 9.53 Å². The van der Waals surface area contributed by atoms with Crippen LogP contribution in [0.5, 0.6) is 0 Å². The molecule has 248 valence electrons. The van der Waals surface area contributed by atoms with Crippen LogP contribution in [0.3, 0.4) is 0 Å². The zero-order valence-electron chi connectivity index (χ0n) is 26.8. The van der Waals surface area contributed by atoms with Crippen LogP contribution in [0.2, 0.25) is 0 Å². The second-order valence-corrected chi connectivity index (χ2v) is 13.3. The minimum absolute atomic E-state index is 0.0116. The highest BCUT2D eigenvalue weighted by molar-refractivity contribution is 6.02. The number of carbonyl (C=O) groups excluding carboxylic acids is 3. The van der Waals surface area contributed by atoms with E-state index in [1.807, 2.05) is 20.8 Å². The largest absolute Gasteiger partial charge is 0.444 e. The molecule has 0 aliphatic carbocycles. The Hall–Kier alpha value is -4.20. The van der Waals surface area contributed by atoms with Crippen molar-refractivity contribution in [1.29, 1.82) is 0 Å². The van der Waals surface area contributed by atoms with Crippen molar-refractivity contribution in [3.05, 3.63) is 48.1 Å². The monoisotopic (exact) mass is 640 g/mol. The first-order valence-electron chi connectivity index (χ1n) is 15.7. The predicted molar refractivity (Wildman–Crippen MR) is 168 cm³/mol. The van der Waals surface area contributed by atoms with Crippen molar-refractivity contribution in [2.24, 2.45) is 11.8 Å². The summed E-state index contributed by atoms with van der Waals surface area (Å²) < 4.78 is 34.3. The number of nitrogens with zero attached hydrogens (tertiary/aromatic N) is 7. The maximum Gasteiger partial charge on any atom is 0.410 e. The third-order valence-electron chi connectivity index (χ3n) is 8.17. The Morgan fingerprint density at radius 3 is 2.52 bits per heavy atom. The molecule has 0 spiro atoms. The van der Waals surface area contributed by atoms with E-state index in [1.54, 1.807) is 30.4 Å². The molecule has 3 aliphatic heterocycles. The first-order valence-corrected chi connectivity index (χ1v) is 15.7. The molecular formula is C32H42F2N8O4. The number of aromatic nitrogens is 4. The highest BCUT2D eigenvalue weighted by Gasteiger charge is 2.30. The van der Waals surface area contributed by atoms with Gasteiger partial charge in [-0.1, -0.05) is 0 Å². The average Bonchev–Trinajstić information content (AvgIpc) is 3.80. The first kappa shape index (κ1) is 33.2. The smallest absolute Gasteiger partial charge is 0.410 e. The molecule has 2 amide bonds. The molecular weight excluding hydrogens is 598 g/mol. The maximum atomic E-state index is 14.2. The van der Waals surface area contributed by atoms with E-state index in [2.05, 4.69) is 30.1 Å². The van der Waals surface area contributed by atoms with E-state index in [-0.39, 0.29) is 23.4 Å². The van der Waals surface area contributed by atoms with Gasteiger partial charge in [-0.15, -0.1) is 0 Å². The van der Waals surface area contributed by atoms with Gasteiger partial charge in [-0.25, -0.2) is 28.5 Å². The Labute approximate surface area is 267 Å². The molecule has 0 aromatic carbocycles. The molecule has 3 aromatic rings. The number of imidazole rings is 1. The number of fused-ring (bicyclic) bond motifs is 1. The fourth-order valence-electron chi connectivity index (χ4n) is 5.94. The topological polar surface area (TPSA) is 125 Å². The maximum absolute atomic E-state index is 14.2. The van der Waals surface area contributed by atoms with Gasteiger partial charge in [0, 0.05) is 70.2 Å². The van der Waals surface area contributed by atoms with Crippen LogP contribution in [0.1, 0.15) is 56.2 Å². The number of carbonyl (C=O) groups is 3. The highest BCUT2D eigenvalue weighted by atomic mass is 19.1. The summed E-state index contributed by atoms with van der Waals surface area (Å²) in [6.07, 6.45) is 8.62. The molecule has 0 unspecified atom stereocenters. The van der Waals surface area contributed by atoms with Crippen molar-refractivity contribution in [2.45, 2.75) is 58.7 Å². The normalized spacial score (nSPS) is 21.7. The van der Waals surface area contributed by atoms with Gasteiger partial charge in [-0.05, 0) is 52.9 Å². The lowest BCUT2D eigenvalue weighted by atomic mass is 10.1. The van der Waals surface area contributed by atoms with E-state index in [4.69, 9.17) is 4.74 Å². The number of hydrogen-bond donors (Lipinski definition) is 1. The van der Waals surface area contributed by atoms with Crippen LogP contribution in [0.25, 0.3) is 5.65 Å². The summed E-state index contributed by atoms with van der Waals surface area (Å²) in [6.45, 7) is 12.4. The van der Waals surface area contributed by atoms with Gasteiger partial charge >= 0.3 is 6.09 Å². The molecule has 14 heteroatoms. The van der Waals surface area contributed by atoms with Gasteiger partial charge < -0.3 is 29.0 Å². The van der Waals surface area contributed by atoms with E-state index in [1.165, 1.54) is 16.7 Å². The van der Waals surface area contributed by atoms with Crippen molar-refractivity contribution in [3.63, 3.8) is 0 Å². The van der Waals surface area contributed by atoms with E-state index in [9.17, 15) is 23.2 Å². The van der Waals surface area contributed by atoms with Gasteiger partial charge in [0.05, 0.1) is 23.8 Å². The quantitative estimate of drug-likeness (QED) is 0.396. The number of alkyl halides is 1. The Morgan fingerprint density at radius 1 is 1.07 bits per heavy atom. The van der Waals surface area contributed by atoms with Crippen molar-refractivity contribution < 1.29 is 27.9 Å². The van der Waals surface area contributed by atoms with Gasteiger partial charge in [-0.2, -0.15) is 0 Å². The summed E-state index contributed by atoms with van der Waals surface area (Å²) in [5.41, 5.74) is 0.893. The molecule has 1 N–H and O–H groups in total. The number of rotatable bonds is 6. The van der Waals surface area contributed by atoms with Crippen LogP contribution >= 0.6 is 0 Å². The Bertz CT molecular complexity index is 1540. The summed E-state index contributed by atoms with van der Waals surface area (Å²) in [5.74, 6) is 0.199. The molecule has 0 bridgehead atoms. The van der Waals surface area contributed by atoms with Crippen LogP contribution in [0, 0.1) is 24.6 Å². The molecule has 3 aliphatic rings. The summed E-state index contributed by atoms with van der Waals surface area (Å²) >= 11 is 0. The Kier molecular flexibility index (Phi) is 10.1. The lowest BCUT2D eigenvalue weighted by Crippen LogP contribution is -2.35. The SMILES string of the molecule is CC(C)(C)OC(=O)N1CC[C@@H](C=O)C1.Cc1cn2cc(NC(=O)c3cnc(N4CC[C@@H](CN5CC[C@@H](F)C5)C4)cn3)cc(F)c2n1. The van der Waals surface area contributed by atoms with Crippen LogP contribution in [0.15, 0.2) is 30.9 Å². The molecule has 0 radical (unpaired) electrons. The molecule has 12 nitrogen and oxygen atoms in total. The second kappa shape index (κ2) is 14.1. The number of nitrogens with one attached hydrogen (secondary N) is 1. The number of ether oxygens (including phenoxy) is 1. The van der Waals surface area contributed by atoms with E-state index >= 15 is 0 Å². The zero-order valence-corrected chi connectivity index (χ0v) is 26.8. The van der Waals surface area contributed by atoms with E-state index in [0.717, 1.165) is 51.1 Å². The van der Waals surface area contributed by atoms with Crippen molar-refractivity contribution >= 4 is 35.4 Å². The van der Waals surface area contributed by atoms with E-state index in [0.29, 0.717) is 43.4 Å². The number of halogens is 2. The lowest BCUT2D eigenvalue weighted by molar-refractivity contribution is -0.110. The number of aldehydes is 1. The molecule has 3 fully saturated rings. The third kappa shape index (κ3) is 8.53. The lowest BCUT2D eigenvalue weighted by Gasteiger charge is -2.24. The molecule has 3 atom stereocenters. The van der Waals surface area contributed by atoms with Crippen molar-refractivity contribution in [3.8, 4) is 0 Å². The molecule has 46 heavy (non-hydrogen) atoms. The fourth-order valence-corrected chi connectivity index (χ4v) is 5.94. The van der Waals surface area contributed by atoms with Crippen LogP contribution in [0.4, 0.5) is 25.1 Å². The van der Waals surface area contributed by atoms with Crippen molar-refractivity contribution in [2.75, 3.05) is 56.0 Å². The molecule has 6 rings (SSSR count). The minimum Gasteiger partial charge on any atom is -0.444 e. The molecule has 3 saturated heterocycles. The summed E-state index contributed by atoms with van der Waals surface area (Å²) in [7, 11) is 0. The number of hydrogen-bond acceptors (Lipinski definition) is 9. The van der Waals surface area contributed by atoms with Gasteiger partial charge in [-0.3, -0.25) is 9.69 Å². The molecule has 3 aromatic heterocycles. The summed E-state index contributed by atoms with van der Waals surface area (Å²) in [4.78, 5) is 53.3. The van der Waals surface area contributed by atoms with Crippen molar-refractivity contribution in [1.82, 2.24) is 29.2 Å². The standard InChI is InChI=1S/C22H25F2N7O.C10H17NO3/c1-14-9-31-13-17(6-18(24)21(31)27-14)28-22(32)19-7-26-20(8-25-19)30-5-2-15(11-30)10-29-4-3-16(23)12-29;1-10(2,3)14-9(13)11-5-4-8(6-11)7-12/h6-9,13,15-16H,2-5,10-12H2,1H3,(H,28,32);7-8H,4-6H2,1-3H3/t15-,16+;8-/m01/s1. The van der Waals surface area contributed by atoms with Gasteiger partial charge in [0.2, 0.25) is 0 Å². The third-order valence-corrected chi connectivity index (χ3v) is 8.17. The average molecular weight is 641 g/mol. The Balaban J connectivity index is 0.000000251. The minimum atomic E-state index is -0.695. The molecule has 6 heterocycles. The highest BCUT2D eigenvalue weighted by Crippen LogP contribution is 2.25. The number of likely N-dealkylation sites (tertiary alicyclic amines) is 2. The molecule has 0 saturated carbocycles.